The van der Waals surface area contributed by atoms with E-state index in [2.05, 4.69) is 4.74 Å². The minimum Gasteiger partial charge on any atom is -0.480 e. The van der Waals surface area contributed by atoms with Gasteiger partial charge in [-0.05, 0) is 26.7 Å². The van der Waals surface area contributed by atoms with E-state index < -0.39 is 29.6 Å². The van der Waals surface area contributed by atoms with Crippen molar-refractivity contribution >= 4 is 18.0 Å². The molecule has 1 aliphatic rings. The van der Waals surface area contributed by atoms with E-state index in [0.29, 0.717) is 19.4 Å². The van der Waals surface area contributed by atoms with Crippen LogP contribution in [-0.2, 0) is 14.3 Å². The number of urea groups is 1. The summed E-state index contributed by atoms with van der Waals surface area (Å²) in [6.07, 6.45) is 1.24. The van der Waals surface area contributed by atoms with Crippen molar-refractivity contribution in [2.24, 2.45) is 0 Å². The van der Waals surface area contributed by atoms with Gasteiger partial charge in [0, 0.05) is 13.6 Å². The molecule has 7 heteroatoms. The van der Waals surface area contributed by atoms with Gasteiger partial charge in [0.15, 0.2) is 0 Å². The zero-order valence-corrected chi connectivity index (χ0v) is 11.7. The highest BCUT2D eigenvalue weighted by Crippen LogP contribution is 2.23. The fourth-order valence-electron chi connectivity index (χ4n) is 1.95. The van der Waals surface area contributed by atoms with Gasteiger partial charge in [0.25, 0.3) is 0 Å². The van der Waals surface area contributed by atoms with Gasteiger partial charge in [-0.15, -0.1) is 0 Å². The molecule has 2 amide bonds. The second kappa shape index (κ2) is 5.46. The van der Waals surface area contributed by atoms with Crippen LogP contribution in [-0.4, -0.2) is 65.2 Å². The Morgan fingerprint density at radius 2 is 1.95 bits per heavy atom. The third-order valence-corrected chi connectivity index (χ3v) is 3.62. The van der Waals surface area contributed by atoms with E-state index in [1.165, 1.54) is 32.9 Å². The highest BCUT2D eigenvalue weighted by molar-refractivity contribution is 5.88. The van der Waals surface area contributed by atoms with E-state index in [1.807, 2.05) is 0 Å². The van der Waals surface area contributed by atoms with Crippen LogP contribution in [0.2, 0.25) is 0 Å². The third kappa shape index (κ3) is 2.80. The number of likely N-dealkylation sites (tertiary alicyclic amines) is 1. The Morgan fingerprint density at radius 3 is 2.42 bits per heavy atom. The number of likely N-dealkylation sites (N-methyl/N-ethyl adjacent to an activating group) is 1. The summed E-state index contributed by atoms with van der Waals surface area (Å²) in [4.78, 5) is 37.5. The predicted octanol–water partition coefficient (Wildman–Crippen LogP) is 0.539. The summed E-state index contributed by atoms with van der Waals surface area (Å²) < 4.78 is 4.66. The zero-order chi connectivity index (χ0) is 14.8. The average molecular weight is 272 g/mol. The maximum Gasteiger partial charge on any atom is 0.329 e. The van der Waals surface area contributed by atoms with Crippen LogP contribution in [0.1, 0.15) is 26.7 Å². The van der Waals surface area contributed by atoms with Crippen molar-refractivity contribution in [3.05, 3.63) is 0 Å². The number of carboxylic acids is 1. The summed E-state index contributed by atoms with van der Waals surface area (Å²) in [6, 6.07) is -1.09. The van der Waals surface area contributed by atoms with Gasteiger partial charge in [0.2, 0.25) is 0 Å². The fourth-order valence-corrected chi connectivity index (χ4v) is 1.95. The van der Waals surface area contributed by atoms with Gasteiger partial charge < -0.3 is 19.6 Å². The summed E-state index contributed by atoms with van der Waals surface area (Å²) in [5, 5.41) is 9.12. The van der Waals surface area contributed by atoms with Crippen LogP contribution in [0.4, 0.5) is 4.79 Å². The molecule has 1 N–H and O–H groups in total. The number of rotatable bonds is 3. The third-order valence-electron chi connectivity index (χ3n) is 3.62. The van der Waals surface area contributed by atoms with Crippen LogP contribution in [0.3, 0.4) is 0 Å². The van der Waals surface area contributed by atoms with Crippen LogP contribution in [0, 0.1) is 0 Å². The molecular weight excluding hydrogens is 252 g/mol. The van der Waals surface area contributed by atoms with Crippen molar-refractivity contribution in [1.29, 1.82) is 0 Å². The van der Waals surface area contributed by atoms with Gasteiger partial charge in [0.1, 0.15) is 11.6 Å². The van der Waals surface area contributed by atoms with Gasteiger partial charge in [-0.1, -0.05) is 0 Å². The molecule has 0 saturated carbocycles. The molecule has 7 nitrogen and oxygen atoms in total. The summed E-state index contributed by atoms with van der Waals surface area (Å²) in [5.41, 5.74) is -1.33. The summed E-state index contributed by atoms with van der Waals surface area (Å²) in [5.74, 6) is -1.57. The maximum atomic E-state index is 12.3. The summed E-state index contributed by atoms with van der Waals surface area (Å²) in [7, 11) is 2.69. The van der Waals surface area contributed by atoms with Crippen LogP contribution < -0.4 is 0 Å². The van der Waals surface area contributed by atoms with E-state index in [0.717, 1.165) is 4.90 Å². The quantitative estimate of drug-likeness (QED) is 0.758. The number of carboxylic acid groups (broad SMARTS) is 1. The zero-order valence-electron chi connectivity index (χ0n) is 11.7. The number of carbonyl (C=O) groups excluding carboxylic acids is 2. The molecule has 0 aliphatic carbocycles. The first-order valence-electron chi connectivity index (χ1n) is 6.09. The number of aliphatic carboxylic acids is 1. The number of methoxy groups -OCH3 is 1. The maximum absolute atomic E-state index is 12.3. The smallest absolute Gasteiger partial charge is 0.329 e. The monoisotopic (exact) mass is 272 g/mol. The van der Waals surface area contributed by atoms with E-state index in [1.54, 1.807) is 0 Å². The molecule has 1 atom stereocenters. The van der Waals surface area contributed by atoms with Gasteiger partial charge in [-0.3, -0.25) is 0 Å². The topological polar surface area (TPSA) is 87.2 Å². The van der Waals surface area contributed by atoms with Crippen LogP contribution >= 0.6 is 0 Å². The number of hydrogen-bond donors (Lipinski definition) is 1. The standard InChI is InChI=1S/C12H20N2O5/c1-12(2,10(16)17)13(3)11(18)14-7-5-6-8(14)9(15)19-4/h8H,5-7H2,1-4H3,(H,16,17). The van der Waals surface area contributed by atoms with Gasteiger partial charge in [-0.25, -0.2) is 14.4 Å². The molecule has 1 fully saturated rings. The lowest BCUT2D eigenvalue weighted by atomic mass is 10.0. The van der Waals surface area contributed by atoms with Crippen molar-refractivity contribution < 1.29 is 24.2 Å². The number of carbonyl (C=O) groups is 3. The van der Waals surface area contributed by atoms with E-state index in [9.17, 15) is 14.4 Å². The van der Waals surface area contributed by atoms with Gasteiger partial charge in [0.05, 0.1) is 7.11 Å². The molecule has 19 heavy (non-hydrogen) atoms. The lowest BCUT2D eigenvalue weighted by Crippen LogP contribution is -2.56. The molecule has 0 aromatic carbocycles. The second-order valence-corrected chi connectivity index (χ2v) is 5.08. The number of esters is 1. The lowest BCUT2D eigenvalue weighted by Gasteiger charge is -2.36. The Morgan fingerprint density at radius 1 is 1.37 bits per heavy atom. The first kappa shape index (κ1) is 15.3. The Labute approximate surface area is 112 Å². The molecule has 1 unspecified atom stereocenters. The molecule has 0 bridgehead atoms. The molecule has 1 rings (SSSR count). The van der Waals surface area contributed by atoms with E-state index >= 15 is 0 Å². The number of nitrogens with zero attached hydrogens (tertiary/aromatic N) is 2. The van der Waals surface area contributed by atoms with Gasteiger partial charge >= 0.3 is 18.0 Å². The highest BCUT2D eigenvalue weighted by Gasteiger charge is 2.42. The fraction of sp³-hybridized carbons (Fsp3) is 0.750. The minimum atomic E-state index is -1.33. The molecule has 0 spiro atoms. The van der Waals surface area contributed by atoms with Crippen molar-refractivity contribution in [3.8, 4) is 0 Å². The second-order valence-electron chi connectivity index (χ2n) is 5.08. The normalized spacial score (nSPS) is 19.2. The molecule has 1 aliphatic heterocycles. The number of amides is 2. The predicted molar refractivity (Wildman–Crippen MR) is 66.6 cm³/mol. The minimum absolute atomic E-state index is 0.429. The Balaban J connectivity index is 2.88. The van der Waals surface area contributed by atoms with E-state index in [-0.39, 0.29) is 0 Å². The molecular formula is C12H20N2O5. The van der Waals surface area contributed by atoms with Crippen molar-refractivity contribution in [2.75, 3.05) is 20.7 Å². The van der Waals surface area contributed by atoms with E-state index in [4.69, 9.17) is 5.11 Å². The molecule has 1 heterocycles. The van der Waals surface area contributed by atoms with Crippen molar-refractivity contribution in [3.63, 3.8) is 0 Å². The molecule has 0 aromatic rings. The van der Waals surface area contributed by atoms with Crippen LogP contribution in [0.25, 0.3) is 0 Å². The summed E-state index contributed by atoms with van der Waals surface area (Å²) in [6.45, 7) is 3.31. The molecule has 0 aromatic heterocycles. The average Bonchev–Trinajstić information content (AvgIpc) is 2.84. The highest BCUT2D eigenvalue weighted by atomic mass is 16.5. The van der Waals surface area contributed by atoms with Gasteiger partial charge in [-0.2, -0.15) is 0 Å². The molecule has 108 valence electrons. The Bertz CT molecular complexity index is 394. The van der Waals surface area contributed by atoms with Crippen molar-refractivity contribution in [2.45, 2.75) is 38.3 Å². The van der Waals surface area contributed by atoms with Crippen LogP contribution in [0.5, 0.6) is 0 Å². The molecule has 1 saturated heterocycles. The number of hydrogen-bond acceptors (Lipinski definition) is 4. The Kier molecular flexibility index (Phi) is 4.39. The number of ether oxygens (including phenoxy) is 1. The van der Waals surface area contributed by atoms with Crippen molar-refractivity contribution in [1.82, 2.24) is 9.80 Å². The Hall–Kier alpha value is -1.79. The summed E-state index contributed by atoms with van der Waals surface area (Å²) >= 11 is 0. The first-order chi connectivity index (χ1) is 8.73. The van der Waals surface area contributed by atoms with Crippen LogP contribution in [0.15, 0.2) is 0 Å². The largest absolute Gasteiger partial charge is 0.480 e. The first-order valence-corrected chi connectivity index (χ1v) is 6.09. The molecule has 0 radical (unpaired) electrons. The lowest BCUT2D eigenvalue weighted by molar-refractivity contribution is -0.147. The SMILES string of the molecule is COC(=O)C1CCCN1C(=O)N(C)C(C)(C)C(=O)O.